The summed E-state index contributed by atoms with van der Waals surface area (Å²) in [6, 6.07) is 9.58. The van der Waals surface area contributed by atoms with Crippen molar-refractivity contribution < 1.29 is 13.9 Å². The Kier molecular flexibility index (Phi) is 5.16. The van der Waals surface area contributed by atoms with Gasteiger partial charge in [0.05, 0.1) is 18.3 Å². The highest BCUT2D eigenvalue weighted by Crippen LogP contribution is 2.35. The van der Waals surface area contributed by atoms with Crippen molar-refractivity contribution in [3.8, 4) is 6.07 Å². The number of aromatic nitrogens is 1. The van der Waals surface area contributed by atoms with Gasteiger partial charge in [-0.2, -0.15) is 5.26 Å². The monoisotopic (exact) mass is 395 g/mol. The fraction of sp³-hybridized carbons (Fsp3) is 0.190. The first-order chi connectivity index (χ1) is 14.1. The minimum absolute atomic E-state index is 0.0340. The highest BCUT2D eigenvalue weighted by molar-refractivity contribution is 5.83. The summed E-state index contributed by atoms with van der Waals surface area (Å²) in [5.74, 6) is -0.750. The maximum Gasteiger partial charge on any atom is 0.149 e. The molecule has 0 radical (unpaired) electrons. The molecule has 4 N–H and O–H groups in total. The molecule has 1 aromatic heterocycles. The number of nitriles is 1. The molecular formula is C21H19F2N5O. The fourth-order valence-electron chi connectivity index (χ4n) is 3.50. The van der Waals surface area contributed by atoms with E-state index in [-0.39, 0.29) is 25.1 Å². The standard InChI is InChI=1S/C21H19F2N5O/c22-15-3-1-13(2-4-15)12-28(8-6-24)21(29)18-9-14(10-26-18)19-16-5-7-25-20(16)27-11-17(19)23/h1-5,7,9-11,20-21,25-27,29H,8,12H2. The summed E-state index contributed by atoms with van der Waals surface area (Å²) in [6.45, 7) is 0.220. The maximum absolute atomic E-state index is 14.5. The van der Waals surface area contributed by atoms with E-state index in [1.165, 1.54) is 23.2 Å². The van der Waals surface area contributed by atoms with Crippen molar-refractivity contribution in [3.63, 3.8) is 0 Å². The molecule has 1 aromatic carbocycles. The number of hydrogen-bond acceptors (Lipinski definition) is 5. The lowest BCUT2D eigenvalue weighted by Gasteiger charge is -2.25. The second-order valence-electron chi connectivity index (χ2n) is 6.83. The number of dihydropyridines is 1. The molecule has 2 aliphatic rings. The van der Waals surface area contributed by atoms with Gasteiger partial charge in [0.2, 0.25) is 0 Å². The summed E-state index contributed by atoms with van der Waals surface area (Å²) in [5.41, 5.74) is 3.00. The molecule has 148 valence electrons. The number of benzene rings is 1. The zero-order valence-electron chi connectivity index (χ0n) is 15.4. The molecule has 0 fully saturated rings. The van der Waals surface area contributed by atoms with Crippen LogP contribution < -0.4 is 10.6 Å². The summed E-state index contributed by atoms with van der Waals surface area (Å²) in [4.78, 5) is 4.52. The number of aromatic amines is 1. The molecule has 29 heavy (non-hydrogen) atoms. The van der Waals surface area contributed by atoms with E-state index in [1.807, 2.05) is 6.07 Å². The van der Waals surface area contributed by atoms with E-state index in [4.69, 9.17) is 5.26 Å². The average Bonchev–Trinajstić information content (AvgIpc) is 3.38. The summed E-state index contributed by atoms with van der Waals surface area (Å²) >= 11 is 0. The highest BCUT2D eigenvalue weighted by Gasteiger charge is 2.28. The first-order valence-corrected chi connectivity index (χ1v) is 9.08. The molecule has 0 aliphatic carbocycles. The van der Waals surface area contributed by atoms with Crippen LogP contribution in [-0.4, -0.2) is 27.7 Å². The zero-order valence-corrected chi connectivity index (χ0v) is 15.4. The lowest BCUT2D eigenvalue weighted by Crippen LogP contribution is -2.36. The van der Waals surface area contributed by atoms with E-state index >= 15 is 0 Å². The molecule has 2 atom stereocenters. The van der Waals surface area contributed by atoms with Gasteiger partial charge in [0.25, 0.3) is 0 Å². The van der Waals surface area contributed by atoms with Gasteiger partial charge in [-0.15, -0.1) is 0 Å². The Morgan fingerprint density at radius 3 is 2.76 bits per heavy atom. The lowest BCUT2D eigenvalue weighted by atomic mass is 9.97. The number of nitrogens with one attached hydrogen (secondary N) is 3. The van der Waals surface area contributed by atoms with Gasteiger partial charge in [-0.25, -0.2) is 8.78 Å². The third-order valence-corrected chi connectivity index (χ3v) is 4.93. The lowest BCUT2D eigenvalue weighted by molar-refractivity contribution is 0.00210. The number of nitrogens with zero attached hydrogens (tertiary/aromatic N) is 2. The molecule has 4 rings (SSSR count). The summed E-state index contributed by atoms with van der Waals surface area (Å²) in [7, 11) is 0. The van der Waals surface area contributed by atoms with Crippen LogP contribution in [-0.2, 0) is 6.54 Å². The van der Waals surface area contributed by atoms with Crippen molar-refractivity contribution in [2.75, 3.05) is 6.54 Å². The summed E-state index contributed by atoms with van der Waals surface area (Å²) in [5, 5.41) is 26.0. The van der Waals surface area contributed by atoms with E-state index in [0.29, 0.717) is 16.8 Å². The van der Waals surface area contributed by atoms with Gasteiger partial charge in [0, 0.05) is 35.7 Å². The third-order valence-electron chi connectivity index (χ3n) is 4.93. The molecule has 2 unspecified atom stereocenters. The Hall–Kier alpha value is -3.41. The largest absolute Gasteiger partial charge is 0.372 e. The van der Waals surface area contributed by atoms with E-state index in [9.17, 15) is 13.9 Å². The van der Waals surface area contributed by atoms with Crippen LogP contribution in [0.2, 0.25) is 0 Å². The Balaban J connectivity index is 1.59. The SMILES string of the molecule is N#CCN(Cc1ccc(F)cc1)C(O)c1cc(C2=C3C=CNC3NC=C2F)c[nH]1. The fourth-order valence-corrected chi connectivity index (χ4v) is 3.50. The van der Waals surface area contributed by atoms with E-state index in [1.54, 1.807) is 36.7 Å². The Morgan fingerprint density at radius 2 is 2.00 bits per heavy atom. The molecule has 0 saturated carbocycles. The molecule has 6 nitrogen and oxygen atoms in total. The van der Waals surface area contributed by atoms with Crippen LogP contribution in [0.25, 0.3) is 5.57 Å². The van der Waals surface area contributed by atoms with Crippen molar-refractivity contribution in [2.24, 2.45) is 0 Å². The van der Waals surface area contributed by atoms with Crippen LogP contribution in [0, 0.1) is 17.1 Å². The van der Waals surface area contributed by atoms with Crippen LogP contribution in [0.5, 0.6) is 0 Å². The predicted octanol–water partition coefficient (Wildman–Crippen LogP) is 2.78. The van der Waals surface area contributed by atoms with Gasteiger partial charge in [-0.05, 0) is 36.0 Å². The number of aliphatic hydroxyl groups excluding tert-OH is 1. The van der Waals surface area contributed by atoms with Crippen molar-refractivity contribution in [2.45, 2.75) is 18.9 Å². The number of halogens is 2. The molecule has 3 heterocycles. The average molecular weight is 395 g/mol. The predicted molar refractivity (Wildman–Crippen MR) is 103 cm³/mol. The number of rotatable bonds is 6. The van der Waals surface area contributed by atoms with Crippen molar-refractivity contribution in [1.82, 2.24) is 20.5 Å². The number of aliphatic hydroxyl groups is 1. The Labute approximate surface area is 166 Å². The first-order valence-electron chi connectivity index (χ1n) is 9.08. The second-order valence-corrected chi connectivity index (χ2v) is 6.83. The topological polar surface area (TPSA) is 87.1 Å². The van der Waals surface area contributed by atoms with Crippen LogP contribution in [0.1, 0.15) is 23.0 Å². The third kappa shape index (κ3) is 3.78. The number of fused-ring (bicyclic) bond motifs is 1. The van der Waals surface area contributed by atoms with Gasteiger partial charge in [0.1, 0.15) is 24.0 Å². The molecule has 0 saturated heterocycles. The second kappa shape index (κ2) is 7.91. The summed E-state index contributed by atoms with van der Waals surface area (Å²) in [6.07, 6.45) is 5.19. The number of hydrogen-bond donors (Lipinski definition) is 4. The van der Waals surface area contributed by atoms with E-state index in [0.717, 1.165) is 11.1 Å². The van der Waals surface area contributed by atoms with Gasteiger partial charge in [0.15, 0.2) is 0 Å². The molecule has 0 bridgehead atoms. The van der Waals surface area contributed by atoms with Crippen LogP contribution >= 0.6 is 0 Å². The van der Waals surface area contributed by atoms with Gasteiger partial charge in [-0.1, -0.05) is 12.1 Å². The van der Waals surface area contributed by atoms with Crippen LogP contribution in [0.3, 0.4) is 0 Å². The molecule has 8 heteroatoms. The van der Waals surface area contributed by atoms with Crippen molar-refractivity contribution >= 4 is 5.57 Å². The number of H-pyrrole nitrogens is 1. The Bertz CT molecular complexity index is 1030. The van der Waals surface area contributed by atoms with E-state index < -0.39 is 12.1 Å². The molecular weight excluding hydrogens is 376 g/mol. The smallest absolute Gasteiger partial charge is 0.149 e. The molecule has 0 amide bonds. The maximum atomic E-state index is 14.5. The minimum atomic E-state index is -1.11. The molecule has 0 spiro atoms. The van der Waals surface area contributed by atoms with Crippen molar-refractivity contribution in [3.05, 3.63) is 89.0 Å². The zero-order chi connectivity index (χ0) is 20.4. The normalized spacial score (nSPS) is 18.7. The highest BCUT2D eigenvalue weighted by atomic mass is 19.1. The van der Waals surface area contributed by atoms with Crippen LogP contribution in [0.15, 0.2) is 66.4 Å². The molecule has 2 aromatic rings. The van der Waals surface area contributed by atoms with Crippen LogP contribution in [0.4, 0.5) is 8.78 Å². The first kappa shape index (κ1) is 18.9. The minimum Gasteiger partial charge on any atom is -0.372 e. The van der Waals surface area contributed by atoms with Gasteiger partial charge >= 0.3 is 0 Å². The molecule has 2 aliphatic heterocycles. The van der Waals surface area contributed by atoms with Gasteiger partial charge in [-0.3, -0.25) is 4.90 Å². The quantitative estimate of drug-likeness (QED) is 0.446. The van der Waals surface area contributed by atoms with Crippen molar-refractivity contribution in [1.29, 1.82) is 5.26 Å². The summed E-state index contributed by atoms with van der Waals surface area (Å²) < 4.78 is 27.6. The van der Waals surface area contributed by atoms with E-state index in [2.05, 4.69) is 15.6 Å². The number of allylic oxidation sites excluding steroid dienone is 2. The van der Waals surface area contributed by atoms with Gasteiger partial charge < -0.3 is 20.7 Å². The Morgan fingerprint density at radius 1 is 1.21 bits per heavy atom.